The Morgan fingerprint density at radius 1 is 0.862 bits per heavy atom. The maximum absolute atomic E-state index is 5.70. The van der Waals surface area contributed by atoms with E-state index in [1.807, 2.05) is 24.3 Å². The first-order valence-electron chi connectivity index (χ1n) is 9.85. The number of aromatic nitrogens is 2. The molecule has 152 valence electrons. The number of hydrogen-bond donors (Lipinski definition) is 0. The molecule has 29 heavy (non-hydrogen) atoms. The second kappa shape index (κ2) is 9.54. The summed E-state index contributed by atoms with van der Waals surface area (Å²) in [6, 6.07) is 18.0. The van der Waals surface area contributed by atoms with E-state index < -0.39 is 0 Å². The van der Waals surface area contributed by atoms with Crippen LogP contribution >= 0.6 is 0 Å². The SMILES string of the molecule is COc1ccc(OCc2noc(CN3CCN(Cc4ccccc4)CC3)n2)cc1. The predicted molar refractivity (Wildman–Crippen MR) is 109 cm³/mol. The van der Waals surface area contributed by atoms with Gasteiger partial charge >= 0.3 is 0 Å². The first-order chi connectivity index (χ1) is 14.3. The van der Waals surface area contributed by atoms with Gasteiger partial charge in [0.25, 0.3) is 0 Å². The standard InChI is InChI=1S/C22H26N4O3/c1-27-19-7-9-20(10-8-19)28-17-21-23-22(29-24-21)16-26-13-11-25(12-14-26)15-18-5-3-2-4-6-18/h2-10H,11-17H2,1H3. The molecule has 0 unspecified atom stereocenters. The number of methoxy groups -OCH3 is 1. The van der Waals surface area contributed by atoms with Crippen molar-refractivity contribution in [1.29, 1.82) is 0 Å². The lowest BCUT2D eigenvalue weighted by atomic mass is 10.2. The first kappa shape index (κ1) is 19.4. The number of nitrogens with zero attached hydrogens (tertiary/aromatic N) is 4. The Bertz CT molecular complexity index is 875. The van der Waals surface area contributed by atoms with Crippen LogP contribution in [0.15, 0.2) is 59.1 Å². The molecule has 0 radical (unpaired) electrons. The van der Waals surface area contributed by atoms with Crippen molar-refractivity contribution in [2.45, 2.75) is 19.7 Å². The summed E-state index contributed by atoms with van der Waals surface area (Å²) in [5.41, 5.74) is 1.36. The molecule has 0 saturated carbocycles. The van der Waals surface area contributed by atoms with Gasteiger partial charge in [-0.2, -0.15) is 4.98 Å². The number of rotatable bonds is 8. The molecule has 7 heteroatoms. The van der Waals surface area contributed by atoms with Crippen LogP contribution < -0.4 is 9.47 Å². The first-order valence-corrected chi connectivity index (χ1v) is 9.85. The minimum absolute atomic E-state index is 0.278. The molecular weight excluding hydrogens is 368 g/mol. The molecule has 1 aliphatic rings. The predicted octanol–water partition coefficient (Wildman–Crippen LogP) is 2.98. The van der Waals surface area contributed by atoms with Crippen molar-refractivity contribution < 1.29 is 14.0 Å². The summed E-state index contributed by atoms with van der Waals surface area (Å²) in [7, 11) is 1.64. The van der Waals surface area contributed by atoms with Gasteiger partial charge in [0.2, 0.25) is 11.7 Å². The minimum atomic E-state index is 0.278. The normalized spacial score (nSPS) is 15.3. The molecule has 3 aromatic rings. The number of ether oxygens (including phenoxy) is 2. The average molecular weight is 394 g/mol. The van der Waals surface area contributed by atoms with E-state index in [1.165, 1.54) is 5.56 Å². The quantitative estimate of drug-likeness (QED) is 0.582. The van der Waals surface area contributed by atoms with Crippen LogP contribution in [0.25, 0.3) is 0 Å². The number of piperazine rings is 1. The van der Waals surface area contributed by atoms with E-state index in [-0.39, 0.29) is 6.61 Å². The third-order valence-corrected chi connectivity index (χ3v) is 5.01. The Balaban J connectivity index is 1.21. The monoisotopic (exact) mass is 394 g/mol. The van der Waals surface area contributed by atoms with Crippen molar-refractivity contribution in [2.24, 2.45) is 0 Å². The van der Waals surface area contributed by atoms with Crippen molar-refractivity contribution >= 4 is 0 Å². The second-order valence-corrected chi connectivity index (χ2v) is 7.11. The van der Waals surface area contributed by atoms with Crippen LogP contribution in [-0.2, 0) is 19.7 Å². The Morgan fingerprint density at radius 3 is 2.21 bits per heavy atom. The maximum atomic E-state index is 5.70. The molecule has 0 spiro atoms. The number of hydrogen-bond acceptors (Lipinski definition) is 7. The zero-order valence-corrected chi connectivity index (χ0v) is 16.7. The van der Waals surface area contributed by atoms with Gasteiger partial charge in [-0.15, -0.1) is 0 Å². The molecule has 0 atom stereocenters. The summed E-state index contributed by atoms with van der Waals surface area (Å²) in [6.45, 7) is 6.02. The Hall–Kier alpha value is -2.90. The van der Waals surface area contributed by atoms with Crippen molar-refractivity contribution in [3.05, 3.63) is 71.9 Å². The zero-order valence-electron chi connectivity index (χ0n) is 16.7. The van der Waals surface area contributed by atoms with E-state index >= 15 is 0 Å². The lowest BCUT2D eigenvalue weighted by molar-refractivity contribution is 0.112. The van der Waals surface area contributed by atoms with E-state index in [9.17, 15) is 0 Å². The van der Waals surface area contributed by atoms with Crippen LogP contribution in [-0.4, -0.2) is 53.2 Å². The molecule has 0 amide bonds. The lowest BCUT2D eigenvalue weighted by Crippen LogP contribution is -2.45. The van der Waals surface area contributed by atoms with Gasteiger partial charge in [-0.3, -0.25) is 9.80 Å². The molecule has 2 heterocycles. The van der Waals surface area contributed by atoms with Crippen LogP contribution in [0, 0.1) is 0 Å². The van der Waals surface area contributed by atoms with Crippen molar-refractivity contribution in [2.75, 3.05) is 33.3 Å². The molecule has 7 nitrogen and oxygen atoms in total. The summed E-state index contributed by atoms with van der Waals surface area (Å²) in [5, 5.41) is 4.03. The van der Waals surface area contributed by atoms with Crippen molar-refractivity contribution in [3.63, 3.8) is 0 Å². The molecule has 1 aromatic heterocycles. The highest BCUT2D eigenvalue weighted by Crippen LogP contribution is 2.18. The van der Waals surface area contributed by atoms with Crippen molar-refractivity contribution in [3.8, 4) is 11.5 Å². The molecule has 0 N–H and O–H groups in total. The third-order valence-electron chi connectivity index (χ3n) is 5.01. The fraction of sp³-hybridized carbons (Fsp3) is 0.364. The molecule has 0 bridgehead atoms. The summed E-state index contributed by atoms with van der Waals surface area (Å²) >= 11 is 0. The highest BCUT2D eigenvalue weighted by Gasteiger charge is 2.19. The Morgan fingerprint density at radius 2 is 1.52 bits per heavy atom. The number of benzene rings is 2. The third kappa shape index (κ3) is 5.56. The highest BCUT2D eigenvalue weighted by atomic mass is 16.5. The highest BCUT2D eigenvalue weighted by molar-refractivity contribution is 5.31. The molecule has 1 aliphatic heterocycles. The zero-order chi connectivity index (χ0) is 19.9. The van der Waals surface area contributed by atoms with Gasteiger partial charge in [-0.05, 0) is 29.8 Å². The van der Waals surface area contributed by atoms with Gasteiger partial charge in [0, 0.05) is 32.7 Å². The van der Waals surface area contributed by atoms with E-state index in [1.54, 1.807) is 7.11 Å². The summed E-state index contributed by atoms with van der Waals surface area (Å²) in [5.74, 6) is 2.73. The molecular formula is C22H26N4O3. The second-order valence-electron chi connectivity index (χ2n) is 7.11. The molecule has 0 aliphatic carbocycles. The van der Waals surface area contributed by atoms with Gasteiger partial charge in [-0.1, -0.05) is 35.5 Å². The molecule has 2 aromatic carbocycles. The molecule has 1 fully saturated rings. The summed E-state index contributed by atoms with van der Waals surface area (Å²) in [4.78, 5) is 9.29. The van der Waals surface area contributed by atoms with Crippen LogP contribution in [0.5, 0.6) is 11.5 Å². The Kier molecular flexibility index (Phi) is 6.38. The van der Waals surface area contributed by atoms with Crippen LogP contribution in [0.2, 0.25) is 0 Å². The van der Waals surface area contributed by atoms with Gasteiger partial charge in [0.1, 0.15) is 11.5 Å². The minimum Gasteiger partial charge on any atom is -0.497 e. The van der Waals surface area contributed by atoms with Crippen LogP contribution in [0.3, 0.4) is 0 Å². The Labute approximate surface area is 170 Å². The van der Waals surface area contributed by atoms with E-state index in [4.69, 9.17) is 14.0 Å². The topological polar surface area (TPSA) is 63.9 Å². The van der Waals surface area contributed by atoms with E-state index in [0.717, 1.165) is 44.2 Å². The smallest absolute Gasteiger partial charge is 0.240 e. The lowest BCUT2D eigenvalue weighted by Gasteiger charge is -2.33. The fourth-order valence-electron chi connectivity index (χ4n) is 3.37. The van der Waals surface area contributed by atoms with Gasteiger partial charge < -0.3 is 14.0 Å². The fourth-order valence-corrected chi connectivity index (χ4v) is 3.37. The van der Waals surface area contributed by atoms with Gasteiger partial charge in [0.15, 0.2) is 6.61 Å². The summed E-state index contributed by atoms with van der Waals surface area (Å²) < 4.78 is 16.2. The molecule has 1 saturated heterocycles. The van der Waals surface area contributed by atoms with Crippen LogP contribution in [0.1, 0.15) is 17.3 Å². The maximum Gasteiger partial charge on any atom is 0.240 e. The van der Waals surface area contributed by atoms with Crippen molar-refractivity contribution in [1.82, 2.24) is 19.9 Å². The van der Waals surface area contributed by atoms with E-state index in [0.29, 0.717) is 18.3 Å². The molecule has 4 rings (SSSR count). The largest absolute Gasteiger partial charge is 0.497 e. The van der Waals surface area contributed by atoms with Crippen LogP contribution in [0.4, 0.5) is 0 Å². The average Bonchev–Trinajstić information content (AvgIpc) is 3.22. The summed E-state index contributed by atoms with van der Waals surface area (Å²) in [6.07, 6.45) is 0. The van der Waals surface area contributed by atoms with E-state index in [2.05, 4.69) is 50.3 Å². The van der Waals surface area contributed by atoms with Gasteiger partial charge in [0.05, 0.1) is 13.7 Å². The van der Waals surface area contributed by atoms with Gasteiger partial charge in [-0.25, -0.2) is 0 Å².